The molecule has 0 bridgehead atoms. The second-order valence-electron chi connectivity index (χ2n) is 5.36. The van der Waals surface area contributed by atoms with Gasteiger partial charge in [-0.3, -0.25) is 19.7 Å². The molecule has 0 unspecified atom stereocenters. The molecule has 138 valence electrons. The van der Waals surface area contributed by atoms with Crippen LogP contribution >= 0.6 is 22.9 Å². The summed E-state index contributed by atoms with van der Waals surface area (Å²) in [6, 6.07) is 6.78. The van der Waals surface area contributed by atoms with Crippen LogP contribution in [0.15, 0.2) is 46.7 Å². The lowest BCUT2D eigenvalue weighted by atomic mass is 10.2. The lowest BCUT2D eigenvalue weighted by Gasteiger charge is -2.05. The van der Waals surface area contributed by atoms with Crippen LogP contribution in [0.1, 0.15) is 16.1 Å². The lowest BCUT2D eigenvalue weighted by Crippen LogP contribution is -2.22. The van der Waals surface area contributed by atoms with Crippen molar-refractivity contribution in [1.82, 2.24) is 9.97 Å². The average Bonchev–Trinajstić information content (AvgIpc) is 3.05. The molecule has 0 fully saturated rings. The third-order valence-electron chi connectivity index (χ3n) is 3.38. The molecule has 27 heavy (non-hydrogen) atoms. The summed E-state index contributed by atoms with van der Waals surface area (Å²) in [5.41, 5.74) is 0.241. The quantitative estimate of drug-likeness (QED) is 0.605. The minimum atomic E-state index is -0.594. The van der Waals surface area contributed by atoms with Gasteiger partial charge in [0.1, 0.15) is 11.4 Å². The van der Waals surface area contributed by atoms with E-state index >= 15 is 0 Å². The molecule has 2 aromatic heterocycles. The van der Waals surface area contributed by atoms with Crippen LogP contribution in [0, 0.1) is 5.82 Å². The van der Waals surface area contributed by atoms with Gasteiger partial charge >= 0.3 is 0 Å². The molecule has 2 amide bonds. The Balaban J connectivity index is 1.61. The van der Waals surface area contributed by atoms with Gasteiger partial charge in [-0.25, -0.2) is 9.37 Å². The number of pyridine rings is 1. The molecule has 0 saturated heterocycles. The first-order chi connectivity index (χ1) is 12.9. The maximum Gasteiger partial charge on any atom is 0.263 e. The number of hydrogen-bond acceptors (Lipinski definition) is 5. The van der Waals surface area contributed by atoms with Crippen LogP contribution in [0.5, 0.6) is 0 Å². The Labute approximate surface area is 161 Å². The minimum Gasteiger partial charge on any atom is -0.328 e. The smallest absolute Gasteiger partial charge is 0.263 e. The third-order valence-corrected chi connectivity index (χ3v) is 4.48. The Morgan fingerprint density at radius 3 is 2.81 bits per heavy atom. The number of H-pyrrole nitrogens is 1. The zero-order chi connectivity index (χ0) is 19.4. The Hall–Kier alpha value is -3.04. The van der Waals surface area contributed by atoms with Crippen molar-refractivity contribution in [3.63, 3.8) is 0 Å². The highest BCUT2D eigenvalue weighted by molar-refractivity contribution is 7.14. The standard InChI is InChI=1S/C17H12ClFN4O3S/c18-12-6-9(3-4-13(12)19)21-14(24)7-10-8-27-17(22-10)23-16(26)11-2-1-5-20-15(11)25/h1-6,8H,7H2,(H,20,25)(H,21,24)(H,22,23,26). The van der Waals surface area contributed by atoms with Crippen molar-refractivity contribution in [2.24, 2.45) is 0 Å². The summed E-state index contributed by atoms with van der Waals surface area (Å²) >= 11 is 6.79. The van der Waals surface area contributed by atoms with Gasteiger partial charge in [0.25, 0.3) is 11.5 Å². The predicted molar refractivity (Wildman–Crippen MR) is 101 cm³/mol. The molecule has 7 nitrogen and oxygen atoms in total. The molecule has 0 aliphatic carbocycles. The van der Waals surface area contributed by atoms with Crippen LogP contribution in [0.3, 0.4) is 0 Å². The van der Waals surface area contributed by atoms with E-state index in [-0.39, 0.29) is 28.0 Å². The zero-order valence-electron chi connectivity index (χ0n) is 13.6. The van der Waals surface area contributed by atoms with Crippen molar-refractivity contribution in [3.05, 3.63) is 74.4 Å². The highest BCUT2D eigenvalue weighted by Gasteiger charge is 2.14. The highest BCUT2D eigenvalue weighted by Crippen LogP contribution is 2.20. The summed E-state index contributed by atoms with van der Waals surface area (Å²) in [5.74, 6) is -1.55. The lowest BCUT2D eigenvalue weighted by molar-refractivity contribution is -0.115. The number of anilines is 2. The van der Waals surface area contributed by atoms with Gasteiger partial charge in [-0.05, 0) is 30.3 Å². The first kappa shape index (κ1) is 18.7. The summed E-state index contributed by atoms with van der Waals surface area (Å²) in [6.45, 7) is 0. The largest absolute Gasteiger partial charge is 0.328 e. The molecule has 0 radical (unpaired) electrons. The van der Waals surface area contributed by atoms with E-state index in [1.807, 2.05) is 0 Å². The van der Waals surface area contributed by atoms with E-state index in [9.17, 15) is 18.8 Å². The van der Waals surface area contributed by atoms with Gasteiger partial charge in [-0.2, -0.15) is 0 Å². The van der Waals surface area contributed by atoms with Gasteiger partial charge in [0.15, 0.2) is 5.13 Å². The fourth-order valence-electron chi connectivity index (χ4n) is 2.15. The number of benzene rings is 1. The fourth-order valence-corrected chi connectivity index (χ4v) is 3.04. The van der Waals surface area contributed by atoms with E-state index in [0.29, 0.717) is 11.4 Å². The van der Waals surface area contributed by atoms with Gasteiger partial charge in [0.2, 0.25) is 5.91 Å². The van der Waals surface area contributed by atoms with Crippen molar-refractivity contribution in [2.75, 3.05) is 10.6 Å². The summed E-state index contributed by atoms with van der Waals surface area (Å²) in [4.78, 5) is 42.3. The van der Waals surface area contributed by atoms with E-state index in [4.69, 9.17) is 11.6 Å². The summed E-state index contributed by atoms with van der Waals surface area (Å²) in [6.07, 6.45) is 1.38. The maximum atomic E-state index is 13.1. The number of carbonyl (C=O) groups is 2. The second kappa shape index (κ2) is 8.11. The van der Waals surface area contributed by atoms with Crippen LogP contribution in [0.25, 0.3) is 0 Å². The van der Waals surface area contributed by atoms with Gasteiger partial charge < -0.3 is 10.3 Å². The third kappa shape index (κ3) is 4.78. The Bertz CT molecular complexity index is 1070. The molecule has 3 rings (SSSR count). The maximum absolute atomic E-state index is 13.1. The van der Waals surface area contributed by atoms with Gasteiger partial charge in [-0.1, -0.05) is 11.6 Å². The van der Waals surface area contributed by atoms with Crippen molar-refractivity contribution >= 4 is 45.6 Å². The predicted octanol–water partition coefficient (Wildman–Crippen LogP) is 3.06. The molecular weight excluding hydrogens is 395 g/mol. The first-order valence-electron chi connectivity index (χ1n) is 7.61. The molecule has 0 aliphatic rings. The molecule has 3 aromatic rings. The summed E-state index contributed by atoms with van der Waals surface area (Å²) < 4.78 is 13.1. The number of nitrogens with one attached hydrogen (secondary N) is 3. The van der Waals surface area contributed by atoms with E-state index in [0.717, 1.165) is 17.4 Å². The van der Waals surface area contributed by atoms with E-state index in [1.54, 1.807) is 5.38 Å². The SMILES string of the molecule is O=C(Cc1csc(NC(=O)c2ccc[nH]c2=O)n1)Nc1ccc(F)c(Cl)c1. The number of hydrogen-bond donors (Lipinski definition) is 3. The number of rotatable bonds is 5. The van der Waals surface area contributed by atoms with Crippen molar-refractivity contribution in [1.29, 1.82) is 0 Å². The van der Waals surface area contributed by atoms with Crippen LogP contribution in [0.2, 0.25) is 5.02 Å². The average molecular weight is 407 g/mol. The number of thiazole rings is 1. The molecule has 3 N–H and O–H groups in total. The number of aromatic nitrogens is 2. The number of halogens is 2. The van der Waals surface area contributed by atoms with Gasteiger partial charge in [0.05, 0.1) is 17.1 Å². The topological polar surface area (TPSA) is 104 Å². The molecule has 0 spiro atoms. The number of nitrogens with zero attached hydrogens (tertiary/aromatic N) is 1. The molecule has 0 saturated carbocycles. The van der Waals surface area contributed by atoms with Crippen LogP contribution in [0.4, 0.5) is 15.2 Å². The van der Waals surface area contributed by atoms with Crippen LogP contribution in [-0.4, -0.2) is 21.8 Å². The minimum absolute atomic E-state index is 0.0415. The van der Waals surface area contributed by atoms with Crippen molar-refractivity contribution in [2.45, 2.75) is 6.42 Å². The Morgan fingerprint density at radius 2 is 2.07 bits per heavy atom. The van der Waals surface area contributed by atoms with Gasteiger partial charge in [-0.15, -0.1) is 11.3 Å². The number of amides is 2. The first-order valence-corrected chi connectivity index (χ1v) is 8.86. The molecule has 2 heterocycles. The Morgan fingerprint density at radius 1 is 1.26 bits per heavy atom. The van der Waals surface area contributed by atoms with Gasteiger partial charge in [0, 0.05) is 17.3 Å². The molecule has 0 aliphatic heterocycles. The van der Waals surface area contributed by atoms with Crippen LogP contribution < -0.4 is 16.2 Å². The zero-order valence-corrected chi connectivity index (χ0v) is 15.2. The normalized spacial score (nSPS) is 10.4. The monoisotopic (exact) mass is 406 g/mol. The van der Waals surface area contributed by atoms with E-state index in [1.165, 1.54) is 30.5 Å². The van der Waals surface area contributed by atoms with Crippen molar-refractivity contribution in [3.8, 4) is 0 Å². The summed E-state index contributed by atoms with van der Waals surface area (Å²) in [7, 11) is 0. The van der Waals surface area contributed by atoms with Crippen LogP contribution in [-0.2, 0) is 11.2 Å². The fraction of sp³-hybridized carbons (Fsp3) is 0.0588. The molecule has 0 atom stereocenters. The van der Waals surface area contributed by atoms with E-state index < -0.39 is 17.3 Å². The number of aromatic amines is 1. The second-order valence-corrected chi connectivity index (χ2v) is 6.63. The molecular formula is C17H12ClFN4O3S. The molecule has 1 aromatic carbocycles. The van der Waals surface area contributed by atoms with Crippen molar-refractivity contribution < 1.29 is 14.0 Å². The molecule has 10 heteroatoms. The number of carbonyl (C=O) groups excluding carboxylic acids is 2. The Kier molecular flexibility index (Phi) is 5.63. The highest BCUT2D eigenvalue weighted by atomic mass is 35.5. The van der Waals surface area contributed by atoms with E-state index in [2.05, 4.69) is 20.6 Å². The summed E-state index contributed by atoms with van der Waals surface area (Å²) in [5, 5.41) is 6.88.